The highest BCUT2D eigenvalue weighted by atomic mass is 31.2. The van der Waals surface area contributed by atoms with E-state index < -0.39 is 56.0 Å². The van der Waals surface area contributed by atoms with Crippen LogP contribution >= 0.6 is 7.60 Å². The van der Waals surface area contributed by atoms with E-state index in [0.29, 0.717) is 32.7 Å². The topological polar surface area (TPSA) is 155 Å². The van der Waals surface area contributed by atoms with Crippen molar-refractivity contribution in [3.8, 4) is 0 Å². The molecule has 5 heterocycles. The summed E-state index contributed by atoms with van der Waals surface area (Å²) in [4.78, 5) is 28.5. The maximum absolute atomic E-state index is 13.6. The Kier molecular flexibility index (Phi) is 12.0. The molecule has 15 heteroatoms. The molecular weight excluding hydrogens is 587 g/mol. The molecule has 1 aromatic heterocycles. The van der Waals surface area contributed by atoms with Gasteiger partial charge in [0.15, 0.2) is 25.1 Å². The zero-order valence-corrected chi connectivity index (χ0v) is 25.9. The number of aromatic amines is 1. The molecule has 1 N–H and O–H groups in total. The molecule has 1 aromatic rings. The van der Waals surface area contributed by atoms with Gasteiger partial charge in [0.25, 0.3) is 5.56 Å². The molecule has 0 bridgehead atoms. The molecule has 0 aromatic carbocycles. The summed E-state index contributed by atoms with van der Waals surface area (Å²) in [5, 5.41) is -0.310. The number of hydrogen-bond acceptors (Lipinski definition) is 12. The largest absolute Gasteiger partial charge is 0.368 e. The maximum atomic E-state index is 13.6. The molecule has 4 fully saturated rings. The lowest BCUT2D eigenvalue weighted by Gasteiger charge is -2.34. The van der Waals surface area contributed by atoms with Crippen LogP contribution in [0.25, 0.3) is 0 Å². The lowest BCUT2D eigenvalue weighted by atomic mass is 10.1. The van der Waals surface area contributed by atoms with Crippen molar-refractivity contribution in [2.75, 3.05) is 39.6 Å². The number of ether oxygens (including phenoxy) is 7. The van der Waals surface area contributed by atoms with E-state index in [2.05, 4.69) is 4.98 Å². The van der Waals surface area contributed by atoms with Crippen molar-refractivity contribution in [2.45, 2.75) is 115 Å². The zero-order valence-electron chi connectivity index (χ0n) is 25.0. The highest BCUT2D eigenvalue weighted by Gasteiger charge is 2.51. The minimum atomic E-state index is -4.06. The lowest BCUT2D eigenvalue weighted by molar-refractivity contribution is -0.251. The van der Waals surface area contributed by atoms with Gasteiger partial charge in [-0.15, -0.1) is 0 Å². The molecule has 14 nitrogen and oxygen atoms in total. The summed E-state index contributed by atoms with van der Waals surface area (Å²) in [6, 6.07) is 0. The van der Waals surface area contributed by atoms with Crippen molar-refractivity contribution in [3.05, 3.63) is 27.0 Å². The Bertz CT molecular complexity index is 1170. The van der Waals surface area contributed by atoms with Gasteiger partial charge in [0.05, 0.1) is 19.8 Å². The van der Waals surface area contributed by atoms with E-state index >= 15 is 0 Å². The third kappa shape index (κ3) is 8.23. The van der Waals surface area contributed by atoms with Crippen LogP contribution in [0.15, 0.2) is 15.8 Å². The first-order valence-electron chi connectivity index (χ1n) is 15.6. The van der Waals surface area contributed by atoms with Gasteiger partial charge in [0.2, 0.25) is 0 Å². The number of aromatic nitrogens is 2. The van der Waals surface area contributed by atoms with Crippen LogP contribution in [0.1, 0.15) is 77.9 Å². The Hall–Kier alpha value is -1.45. The van der Waals surface area contributed by atoms with Gasteiger partial charge in [-0.25, -0.2) is 4.79 Å². The molecule has 244 valence electrons. The Morgan fingerprint density at radius 1 is 0.837 bits per heavy atom. The second kappa shape index (κ2) is 15.7. The van der Waals surface area contributed by atoms with Crippen LogP contribution in [0.5, 0.6) is 0 Å². The van der Waals surface area contributed by atoms with Gasteiger partial charge in [-0.05, 0) is 71.6 Å². The van der Waals surface area contributed by atoms with Gasteiger partial charge in [-0.3, -0.25) is 18.9 Å². The van der Waals surface area contributed by atoms with Crippen LogP contribution in [0, 0.1) is 0 Å². The number of nitrogens with zero attached hydrogens (tertiary/aromatic N) is 1. The van der Waals surface area contributed by atoms with Crippen LogP contribution < -0.4 is 16.6 Å². The van der Waals surface area contributed by atoms with Crippen LogP contribution in [-0.2, 0) is 46.8 Å². The number of nitrogens with one attached hydrogen (secondary N) is 1. The van der Waals surface area contributed by atoms with Crippen LogP contribution in [0.2, 0.25) is 0 Å². The zero-order chi connectivity index (χ0) is 30.2. The van der Waals surface area contributed by atoms with Crippen molar-refractivity contribution in [1.29, 1.82) is 0 Å². The standard InChI is InChI=1S/C28H45N2O12P/c1-3-38-43(33,39-4-2)20-17-30(28(32)29-26(20)31)27-25(42-23-13-7-10-16-36-23)24(41-22-12-6-9-15-35-22)19(40-27)18-37-21-11-5-8-14-34-21/h17,19,21-25,27H,3-16,18H2,1-2H3,(H,29,31,32)/t19-,21?,22?,23?,24-,25-,27-/m1/s1. The Morgan fingerprint density at radius 3 is 1.93 bits per heavy atom. The maximum Gasteiger partial charge on any atom is 0.368 e. The predicted octanol–water partition coefficient (Wildman–Crippen LogP) is 2.69. The molecule has 4 saturated heterocycles. The third-order valence-electron chi connectivity index (χ3n) is 7.88. The third-order valence-corrected chi connectivity index (χ3v) is 9.98. The summed E-state index contributed by atoms with van der Waals surface area (Å²) in [6.07, 6.45) is 4.18. The van der Waals surface area contributed by atoms with Gasteiger partial charge in [-0.1, -0.05) is 0 Å². The van der Waals surface area contributed by atoms with E-state index in [1.54, 1.807) is 13.8 Å². The number of rotatable bonds is 13. The van der Waals surface area contributed by atoms with E-state index in [1.807, 2.05) is 0 Å². The average molecular weight is 633 g/mol. The molecule has 3 unspecified atom stereocenters. The van der Waals surface area contributed by atoms with Gasteiger partial charge >= 0.3 is 13.3 Å². The van der Waals surface area contributed by atoms with E-state index in [0.717, 1.165) is 49.5 Å². The van der Waals surface area contributed by atoms with Gasteiger partial charge in [0.1, 0.15) is 23.6 Å². The highest BCUT2D eigenvalue weighted by molar-refractivity contribution is 7.62. The second-order valence-electron chi connectivity index (χ2n) is 11.0. The van der Waals surface area contributed by atoms with Gasteiger partial charge in [0, 0.05) is 26.0 Å². The molecule has 0 aliphatic carbocycles. The fourth-order valence-corrected chi connectivity index (χ4v) is 7.39. The summed E-state index contributed by atoms with van der Waals surface area (Å²) in [6.45, 7) is 5.17. The summed E-state index contributed by atoms with van der Waals surface area (Å²) >= 11 is 0. The van der Waals surface area contributed by atoms with Gasteiger partial charge < -0.3 is 42.2 Å². The fraction of sp³-hybridized carbons (Fsp3) is 0.857. The molecule has 4 aliphatic heterocycles. The SMILES string of the molecule is CCOP(=O)(OCC)c1cn([C@@H]2O[C@H](COC3CCCCO3)[C@@H](OC3CCCCO3)[C@H]2OC2CCCCO2)c(=O)[nH]c1=O. The molecule has 5 rings (SSSR count). The van der Waals surface area contributed by atoms with E-state index in [4.69, 9.17) is 42.2 Å². The highest BCUT2D eigenvalue weighted by Crippen LogP contribution is 2.46. The molecule has 0 amide bonds. The van der Waals surface area contributed by atoms with E-state index in [1.165, 1.54) is 6.20 Å². The molecule has 4 aliphatic rings. The first-order chi connectivity index (χ1) is 20.9. The average Bonchev–Trinajstić information content (AvgIpc) is 3.33. The van der Waals surface area contributed by atoms with E-state index in [-0.39, 0.29) is 31.4 Å². The summed E-state index contributed by atoms with van der Waals surface area (Å²) < 4.78 is 68.8. The first kappa shape index (κ1) is 32.9. The minimum absolute atomic E-state index is 0.0283. The predicted molar refractivity (Wildman–Crippen MR) is 152 cm³/mol. The quantitative estimate of drug-likeness (QED) is 0.318. The van der Waals surface area contributed by atoms with Crippen molar-refractivity contribution >= 4 is 12.9 Å². The molecule has 0 radical (unpaired) electrons. The fourth-order valence-electron chi connectivity index (χ4n) is 5.78. The first-order valence-corrected chi connectivity index (χ1v) is 17.1. The molecule has 7 atom stereocenters. The van der Waals surface area contributed by atoms with Crippen LogP contribution in [0.4, 0.5) is 0 Å². The Morgan fingerprint density at radius 2 is 1.40 bits per heavy atom. The van der Waals surface area contributed by atoms with Crippen molar-refractivity contribution in [2.24, 2.45) is 0 Å². The molecule has 0 spiro atoms. The van der Waals surface area contributed by atoms with Crippen molar-refractivity contribution in [1.82, 2.24) is 9.55 Å². The minimum Gasteiger partial charge on any atom is -0.353 e. The van der Waals surface area contributed by atoms with Gasteiger partial charge in [-0.2, -0.15) is 0 Å². The normalized spacial score (nSPS) is 32.2. The second-order valence-corrected chi connectivity index (χ2v) is 13.0. The molecule has 0 saturated carbocycles. The Balaban J connectivity index is 1.50. The monoisotopic (exact) mass is 632 g/mol. The smallest absolute Gasteiger partial charge is 0.353 e. The van der Waals surface area contributed by atoms with E-state index in [9.17, 15) is 14.2 Å². The number of hydrogen-bond donors (Lipinski definition) is 1. The summed E-state index contributed by atoms with van der Waals surface area (Å²) in [5.74, 6) is 0. The van der Waals surface area contributed by atoms with Crippen LogP contribution in [-0.4, -0.2) is 86.4 Å². The molecule has 43 heavy (non-hydrogen) atoms. The summed E-state index contributed by atoms with van der Waals surface area (Å²) in [5.41, 5.74) is -1.64. The van der Waals surface area contributed by atoms with Crippen LogP contribution in [0.3, 0.4) is 0 Å². The summed E-state index contributed by atoms with van der Waals surface area (Å²) in [7, 11) is -4.06. The number of H-pyrrole nitrogens is 1. The Labute approximate surface area is 251 Å². The molecular formula is C28H45N2O12P. The van der Waals surface area contributed by atoms with Crippen molar-refractivity contribution < 1.29 is 46.8 Å². The van der Waals surface area contributed by atoms with Crippen molar-refractivity contribution in [3.63, 3.8) is 0 Å². The lowest BCUT2D eigenvalue weighted by Crippen LogP contribution is -2.47.